The van der Waals surface area contributed by atoms with Crippen LogP contribution < -0.4 is 10.2 Å². The molecule has 3 aliphatic heterocycles. The number of piperidine rings is 1. The van der Waals surface area contributed by atoms with Crippen LogP contribution in [0.1, 0.15) is 59.5 Å². The molecule has 32 heavy (non-hydrogen) atoms. The van der Waals surface area contributed by atoms with Crippen molar-refractivity contribution in [3.8, 4) is 0 Å². The van der Waals surface area contributed by atoms with Gasteiger partial charge < -0.3 is 15.0 Å². The molecule has 4 aliphatic rings. The molecule has 0 bridgehead atoms. The minimum absolute atomic E-state index is 0.207. The van der Waals surface area contributed by atoms with Crippen molar-refractivity contribution >= 4 is 17.3 Å². The maximum absolute atomic E-state index is 13.2. The van der Waals surface area contributed by atoms with Crippen molar-refractivity contribution in [1.82, 2.24) is 0 Å². The van der Waals surface area contributed by atoms with Crippen molar-refractivity contribution in [1.29, 1.82) is 0 Å². The summed E-state index contributed by atoms with van der Waals surface area (Å²) in [4.78, 5) is 15.6. The lowest BCUT2D eigenvalue weighted by molar-refractivity contribution is -0.0663. The first-order valence-corrected chi connectivity index (χ1v) is 11.8. The fraction of sp³-hybridized carbons (Fsp3) is 0.321. The fourth-order valence-electron chi connectivity index (χ4n) is 7.11. The molecular weight excluding hydrogens is 396 g/mol. The summed E-state index contributed by atoms with van der Waals surface area (Å²) >= 11 is 0. The van der Waals surface area contributed by atoms with Crippen molar-refractivity contribution in [2.24, 2.45) is 5.92 Å². The highest BCUT2D eigenvalue weighted by atomic mass is 16.6. The molecule has 0 aromatic heterocycles. The summed E-state index contributed by atoms with van der Waals surface area (Å²) in [7, 11) is 0. The second-order valence-electron chi connectivity index (χ2n) is 9.69. The van der Waals surface area contributed by atoms with Gasteiger partial charge in [-0.25, -0.2) is 4.79 Å². The number of hydrogen-bond donors (Lipinski definition) is 1. The van der Waals surface area contributed by atoms with Gasteiger partial charge in [0.15, 0.2) is 0 Å². The monoisotopic (exact) mass is 422 g/mol. The number of carbonyl (C=O) groups is 1. The van der Waals surface area contributed by atoms with E-state index in [0.29, 0.717) is 17.4 Å². The van der Waals surface area contributed by atoms with Crippen molar-refractivity contribution in [2.75, 3.05) is 10.2 Å². The minimum atomic E-state index is -0.804. The lowest BCUT2D eigenvalue weighted by atomic mass is 9.62. The summed E-state index contributed by atoms with van der Waals surface area (Å²) in [5, 5.41) is 3.98. The molecule has 1 saturated heterocycles. The van der Waals surface area contributed by atoms with E-state index in [1.807, 2.05) is 18.2 Å². The summed E-state index contributed by atoms with van der Waals surface area (Å²) in [6.45, 7) is 0. The maximum Gasteiger partial charge on any atom is 0.341 e. The average Bonchev–Trinajstić information content (AvgIpc) is 3.32. The second-order valence-corrected chi connectivity index (χ2v) is 9.69. The third-order valence-corrected chi connectivity index (χ3v) is 8.23. The van der Waals surface area contributed by atoms with Gasteiger partial charge in [-0.2, -0.15) is 0 Å². The molecule has 4 heteroatoms. The molecule has 0 amide bonds. The molecule has 0 unspecified atom stereocenters. The molecule has 1 aliphatic carbocycles. The first-order chi connectivity index (χ1) is 15.7. The second kappa shape index (κ2) is 6.38. The Bertz CT molecular complexity index is 1220. The quantitative estimate of drug-likeness (QED) is 0.487. The van der Waals surface area contributed by atoms with E-state index in [0.717, 1.165) is 29.8 Å². The van der Waals surface area contributed by atoms with E-state index >= 15 is 0 Å². The van der Waals surface area contributed by atoms with Crippen LogP contribution in [-0.2, 0) is 10.5 Å². The molecule has 160 valence electrons. The van der Waals surface area contributed by atoms with Gasteiger partial charge in [0.1, 0.15) is 5.66 Å². The number of rotatable bonds is 1. The third-order valence-electron chi connectivity index (χ3n) is 8.23. The number of carbonyl (C=O) groups excluding carboxylic acids is 1. The van der Waals surface area contributed by atoms with Gasteiger partial charge in [0.25, 0.3) is 0 Å². The van der Waals surface area contributed by atoms with E-state index < -0.39 is 5.72 Å². The van der Waals surface area contributed by atoms with Crippen LogP contribution in [0, 0.1) is 5.92 Å². The molecule has 3 heterocycles. The number of anilines is 2. The number of hydrogen-bond acceptors (Lipinski definition) is 4. The van der Waals surface area contributed by atoms with Gasteiger partial charge in [-0.15, -0.1) is 0 Å². The van der Waals surface area contributed by atoms with E-state index in [-0.39, 0.29) is 11.6 Å². The molecule has 0 radical (unpaired) electrons. The largest absolute Gasteiger partial charge is 0.431 e. The summed E-state index contributed by atoms with van der Waals surface area (Å²) < 4.78 is 6.47. The molecule has 4 atom stereocenters. The third kappa shape index (κ3) is 2.20. The summed E-state index contributed by atoms with van der Waals surface area (Å²) in [6, 6.07) is 27.4. The topological polar surface area (TPSA) is 41.6 Å². The van der Waals surface area contributed by atoms with Gasteiger partial charge in [-0.3, -0.25) is 0 Å². The normalized spacial score (nSPS) is 31.9. The van der Waals surface area contributed by atoms with Crippen LogP contribution in [0.4, 0.5) is 11.4 Å². The highest BCUT2D eigenvalue weighted by molar-refractivity contribution is 5.96. The Morgan fingerprint density at radius 2 is 1.69 bits per heavy atom. The van der Waals surface area contributed by atoms with E-state index in [1.165, 1.54) is 24.8 Å². The van der Waals surface area contributed by atoms with Gasteiger partial charge >= 0.3 is 5.97 Å². The predicted octanol–water partition coefficient (Wildman–Crippen LogP) is 6.02. The Balaban J connectivity index is 1.52. The van der Waals surface area contributed by atoms with Crippen LogP contribution in [0.5, 0.6) is 0 Å². The van der Waals surface area contributed by atoms with E-state index in [9.17, 15) is 4.79 Å². The maximum atomic E-state index is 13.2. The Labute approximate surface area is 188 Å². The molecule has 3 aromatic carbocycles. The Kier molecular flexibility index (Phi) is 3.65. The zero-order valence-corrected chi connectivity index (χ0v) is 18.0. The van der Waals surface area contributed by atoms with Gasteiger partial charge in [0, 0.05) is 17.9 Å². The first kappa shape index (κ1) is 18.3. The fourth-order valence-corrected chi connectivity index (χ4v) is 7.11. The summed E-state index contributed by atoms with van der Waals surface area (Å²) in [5.74, 6) is 0.526. The number of nitrogens with zero attached hydrogens (tertiary/aromatic N) is 1. The molecule has 1 saturated carbocycles. The van der Waals surface area contributed by atoms with Crippen LogP contribution in [-0.4, -0.2) is 11.6 Å². The average molecular weight is 423 g/mol. The van der Waals surface area contributed by atoms with Gasteiger partial charge in [-0.1, -0.05) is 67.1 Å². The number of nitrogens with one attached hydrogen (secondary N) is 1. The Morgan fingerprint density at radius 1 is 0.906 bits per heavy atom. The van der Waals surface area contributed by atoms with Crippen LogP contribution in [0.3, 0.4) is 0 Å². The molecule has 1 N–H and O–H groups in total. The van der Waals surface area contributed by atoms with Crippen LogP contribution in [0.15, 0.2) is 78.9 Å². The van der Waals surface area contributed by atoms with Crippen molar-refractivity contribution in [2.45, 2.75) is 49.4 Å². The summed E-state index contributed by atoms with van der Waals surface area (Å²) in [6.07, 6.45) is 5.38. The Morgan fingerprint density at radius 3 is 2.59 bits per heavy atom. The standard InChI is InChI=1S/C28H26N2O2/c31-26-20-12-4-5-14-23(20)28(32-26)18-21(19-10-2-1-3-11-19)22-13-8-9-17-27(22)29-24-15-6-7-16-25(24)30(27)28/h1-7,10-12,14-16,21-22,29H,8-9,13,17-18H2/t21-,22+,27-,28+/m0/s1. The highest BCUT2D eigenvalue weighted by Crippen LogP contribution is 2.65. The number of benzene rings is 3. The smallest absolute Gasteiger partial charge is 0.341 e. The van der Waals surface area contributed by atoms with Crippen LogP contribution in [0.2, 0.25) is 0 Å². The van der Waals surface area contributed by atoms with Gasteiger partial charge in [0.05, 0.1) is 16.9 Å². The van der Waals surface area contributed by atoms with E-state index in [4.69, 9.17) is 4.74 Å². The lowest BCUT2D eigenvalue weighted by Gasteiger charge is -2.61. The van der Waals surface area contributed by atoms with Crippen molar-refractivity contribution < 1.29 is 9.53 Å². The zero-order chi connectivity index (χ0) is 21.3. The van der Waals surface area contributed by atoms with Crippen molar-refractivity contribution in [3.63, 3.8) is 0 Å². The van der Waals surface area contributed by atoms with E-state index in [2.05, 4.69) is 70.9 Å². The summed E-state index contributed by atoms with van der Waals surface area (Å²) in [5.41, 5.74) is 4.28. The zero-order valence-electron chi connectivity index (χ0n) is 18.0. The molecule has 3 aromatic rings. The van der Waals surface area contributed by atoms with Gasteiger partial charge in [-0.05, 0) is 48.9 Å². The van der Waals surface area contributed by atoms with E-state index in [1.54, 1.807) is 0 Å². The minimum Gasteiger partial charge on any atom is -0.431 e. The number of ether oxygens (including phenoxy) is 1. The SMILES string of the molecule is O=C1O[C@]2(C[C@@H](c3ccccc3)[C@H]3CCCC[C@@]34Nc3ccccc3N24)c2ccccc21. The van der Waals surface area contributed by atoms with Crippen LogP contribution >= 0.6 is 0 Å². The molecule has 2 fully saturated rings. The molecule has 2 spiro atoms. The molecular formula is C28H26N2O2. The number of fused-ring (bicyclic) bond motifs is 5. The van der Waals surface area contributed by atoms with Crippen molar-refractivity contribution in [3.05, 3.63) is 95.6 Å². The molecule has 7 rings (SSSR count). The molecule has 4 nitrogen and oxygen atoms in total. The lowest BCUT2D eigenvalue weighted by Crippen LogP contribution is -2.69. The predicted molar refractivity (Wildman–Crippen MR) is 125 cm³/mol. The number of para-hydroxylation sites is 2. The van der Waals surface area contributed by atoms with Gasteiger partial charge in [0.2, 0.25) is 5.72 Å². The van der Waals surface area contributed by atoms with Crippen LogP contribution in [0.25, 0.3) is 0 Å². The Hall–Kier alpha value is -3.27. The first-order valence-electron chi connectivity index (χ1n) is 11.8. The highest BCUT2D eigenvalue weighted by Gasteiger charge is 2.67. The number of esters is 1.